The molecule has 6 heteroatoms. The molecule has 3 heterocycles. The first kappa shape index (κ1) is 12.5. The highest BCUT2D eigenvalue weighted by molar-refractivity contribution is 7.15. The van der Waals surface area contributed by atoms with E-state index < -0.39 is 0 Å². The monoisotopic (exact) mass is 299 g/mol. The van der Waals surface area contributed by atoms with Crippen molar-refractivity contribution in [1.82, 2.24) is 14.0 Å². The van der Waals surface area contributed by atoms with Gasteiger partial charge in [-0.15, -0.1) is 11.3 Å². The summed E-state index contributed by atoms with van der Waals surface area (Å²) < 4.78 is 3.64. The Bertz CT molecular complexity index is 875. The number of Topliss-reactive ketones (excluding diaryl/α,β-unsaturated/α-hetero) is 1. The van der Waals surface area contributed by atoms with E-state index in [0.717, 1.165) is 29.2 Å². The number of hydrogen-bond donors (Lipinski definition) is 0. The number of carbonyl (C=O) groups is 1. The molecule has 0 N–H and O–H groups in total. The summed E-state index contributed by atoms with van der Waals surface area (Å²) in [6, 6.07) is 3.15. The molecule has 0 fully saturated rings. The molecule has 3 aromatic rings. The minimum Gasteiger partial charge on any atom is -0.306 e. The minimum atomic E-state index is -0.0696. The summed E-state index contributed by atoms with van der Waals surface area (Å²) in [4.78, 5) is 29.6. The molecule has 0 amide bonds. The second kappa shape index (κ2) is 4.66. The first-order valence-corrected chi connectivity index (χ1v) is 7.77. The fraction of sp³-hybridized carbons (Fsp3) is 0.267. The van der Waals surface area contributed by atoms with Crippen molar-refractivity contribution in [3.63, 3.8) is 0 Å². The molecular weight excluding hydrogens is 286 g/mol. The van der Waals surface area contributed by atoms with E-state index in [-0.39, 0.29) is 11.3 Å². The molecule has 1 aliphatic rings. The van der Waals surface area contributed by atoms with Crippen LogP contribution in [0, 0.1) is 0 Å². The highest BCUT2D eigenvalue weighted by atomic mass is 32.1. The molecule has 0 spiro atoms. The van der Waals surface area contributed by atoms with Crippen molar-refractivity contribution in [2.75, 3.05) is 0 Å². The van der Waals surface area contributed by atoms with Crippen molar-refractivity contribution in [2.24, 2.45) is 0 Å². The Kier molecular flexibility index (Phi) is 2.78. The van der Waals surface area contributed by atoms with Crippen LogP contribution in [0.4, 0.5) is 0 Å². The maximum Gasteiger partial charge on any atom is 0.251 e. The smallest absolute Gasteiger partial charge is 0.251 e. The fourth-order valence-corrected chi connectivity index (χ4v) is 3.60. The number of rotatable bonds is 2. The predicted molar refractivity (Wildman–Crippen MR) is 80.1 cm³/mol. The van der Waals surface area contributed by atoms with E-state index in [9.17, 15) is 9.59 Å². The molecule has 3 aromatic heterocycles. The maximum atomic E-state index is 12.2. The summed E-state index contributed by atoms with van der Waals surface area (Å²) in [6.07, 6.45) is 6.05. The summed E-state index contributed by atoms with van der Waals surface area (Å²) in [5.41, 5.74) is 2.33. The minimum absolute atomic E-state index is 0.0696. The van der Waals surface area contributed by atoms with Gasteiger partial charge in [0, 0.05) is 41.5 Å². The Hall–Kier alpha value is -2.21. The Morgan fingerprint density at radius 2 is 2.14 bits per heavy atom. The summed E-state index contributed by atoms with van der Waals surface area (Å²) in [5, 5.41) is 1.97. The number of ketones is 1. The Morgan fingerprint density at radius 1 is 1.24 bits per heavy atom. The molecule has 5 nitrogen and oxygen atoms in total. The van der Waals surface area contributed by atoms with Gasteiger partial charge in [0.25, 0.3) is 5.56 Å². The van der Waals surface area contributed by atoms with Crippen LogP contribution in [-0.2, 0) is 13.0 Å². The van der Waals surface area contributed by atoms with Gasteiger partial charge in [0.2, 0.25) is 0 Å². The van der Waals surface area contributed by atoms with E-state index in [1.165, 1.54) is 6.07 Å². The van der Waals surface area contributed by atoms with Crippen molar-refractivity contribution in [3.8, 4) is 0 Å². The first-order valence-electron chi connectivity index (χ1n) is 6.89. The number of hydrogen-bond acceptors (Lipinski definition) is 4. The van der Waals surface area contributed by atoms with Crippen LogP contribution in [0.3, 0.4) is 0 Å². The fourth-order valence-electron chi connectivity index (χ4n) is 2.88. The lowest BCUT2D eigenvalue weighted by molar-refractivity contribution is 0.0970. The molecule has 0 saturated carbocycles. The Morgan fingerprint density at radius 3 is 3.00 bits per heavy atom. The lowest BCUT2D eigenvalue weighted by Gasteiger charge is -2.19. The van der Waals surface area contributed by atoms with Gasteiger partial charge >= 0.3 is 0 Å². The largest absolute Gasteiger partial charge is 0.306 e. The van der Waals surface area contributed by atoms with Gasteiger partial charge < -0.3 is 4.57 Å². The zero-order valence-corrected chi connectivity index (χ0v) is 12.1. The molecular formula is C15H13N3O2S. The Balaban J connectivity index is 1.81. The third-order valence-electron chi connectivity index (χ3n) is 3.88. The number of imidazole rings is 1. The Labute approximate surface area is 124 Å². The van der Waals surface area contributed by atoms with E-state index in [1.54, 1.807) is 22.0 Å². The van der Waals surface area contributed by atoms with Crippen molar-refractivity contribution >= 4 is 22.1 Å². The van der Waals surface area contributed by atoms with Gasteiger partial charge in [0.1, 0.15) is 0 Å². The van der Waals surface area contributed by atoms with Crippen molar-refractivity contribution in [3.05, 3.63) is 57.2 Å². The zero-order chi connectivity index (χ0) is 14.4. The van der Waals surface area contributed by atoms with E-state index in [2.05, 4.69) is 4.98 Å². The molecule has 4 rings (SSSR count). The summed E-state index contributed by atoms with van der Waals surface area (Å²) in [6.45, 7) is 0.420. The highest BCUT2D eigenvalue weighted by Gasteiger charge is 2.21. The molecule has 21 heavy (non-hydrogen) atoms. The average molecular weight is 299 g/mol. The van der Waals surface area contributed by atoms with Crippen molar-refractivity contribution < 1.29 is 4.79 Å². The molecule has 0 atom stereocenters. The van der Waals surface area contributed by atoms with Gasteiger partial charge in [0.05, 0.1) is 12.2 Å². The summed E-state index contributed by atoms with van der Waals surface area (Å²) in [5.74, 6) is 0.135. The van der Waals surface area contributed by atoms with Gasteiger partial charge in [0.15, 0.2) is 10.7 Å². The van der Waals surface area contributed by atoms with E-state index in [1.807, 2.05) is 22.2 Å². The lowest BCUT2D eigenvalue weighted by atomic mass is 9.94. The molecule has 0 radical (unpaired) electrons. The lowest BCUT2D eigenvalue weighted by Crippen LogP contribution is -2.28. The normalized spacial score (nSPS) is 14.6. The predicted octanol–water partition coefficient (Wildman–Crippen LogP) is 2.12. The summed E-state index contributed by atoms with van der Waals surface area (Å²) in [7, 11) is 0. The number of aromatic nitrogens is 3. The molecule has 0 aliphatic heterocycles. The van der Waals surface area contributed by atoms with E-state index in [4.69, 9.17) is 0 Å². The highest BCUT2D eigenvalue weighted by Crippen LogP contribution is 2.20. The standard InChI is InChI=1S/C15H13N3O2S/c19-13-3-1-2-12-11(13)4-5-14(20)18(12)9-10-8-17-6-7-21-15(17)16-10/h4-8H,1-3,9H2. The third kappa shape index (κ3) is 2.03. The zero-order valence-electron chi connectivity index (χ0n) is 11.3. The van der Waals surface area contributed by atoms with Crippen molar-refractivity contribution in [1.29, 1.82) is 0 Å². The summed E-state index contributed by atoms with van der Waals surface area (Å²) >= 11 is 1.56. The van der Waals surface area contributed by atoms with E-state index in [0.29, 0.717) is 18.5 Å². The number of nitrogens with zero attached hydrogens (tertiary/aromatic N) is 3. The second-order valence-corrected chi connectivity index (χ2v) is 6.09. The molecule has 0 saturated heterocycles. The van der Waals surface area contributed by atoms with Gasteiger partial charge in [-0.2, -0.15) is 0 Å². The van der Waals surface area contributed by atoms with Gasteiger partial charge in [-0.05, 0) is 18.9 Å². The number of thiazole rings is 1. The maximum absolute atomic E-state index is 12.2. The molecule has 106 valence electrons. The number of fused-ring (bicyclic) bond motifs is 2. The SMILES string of the molecule is O=C1CCCc2c1ccc(=O)n2Cc1cn2ccsc2n1. The molecule has 0 bridgehead atoms. The van der Waals surface area contributed by atoms with Gasteiger partial charge in [-0.3, -0.25) is 14.0 Å². The second-order valence-electron chi connectivity index (χ2n) is 5.22. The van der Waals surface area contributed by atoms with Crippen LogP contribution in [-0.4, -0.2) is 19.7 Å². The average Bonchev–Trinajstić information content (AvgIpc) is 3.03. The number of carbonyl (C=O) groups excluding carboxylic acids is 1. The molecule has 0 unspecified atom stereocenters. The topological polar surface area (TPSA) is 56.4 Å². The van der Waals surface area contributed by atoms with Gasteiger partial charge in [-0.25, -0.2) is 4.98 Å². The van der Waals surface area contributed by atoms with E-state index >= 15 is 0 Å². The third-order valence-corrected chi connectivity index (χ3v) is 4.65. The molecule has 0 aromatic carbocycles. The van der Waals surface area contributed by atoms with Crippen LogP contribution >= 0.6 is 11.3 Å². The van der Waals surface area contributed by atoms with Crippen LogP contribution < -0.4 is 5.56 Å². The number of pyridine rings is 1. The quantitative estimate of drug-likeness (QED) is 0.728. The van der Waals surface area contributed by atoms with Crippen LogP contribution in [0.15, 0.2) is 34.7 Å². The van der Waals surface area contributed by atoms with Crippen molar-refractivity contribution in [2.45, 2.75) is 25.8 Å². The first-order chi connectivity index (χ1) is 10.2. The van der Waals surface area contributed by atoms with Gasteiger partial charge in [-0.1, -0.05) is 0 Å². The van der Waals surface area contributed by atoms with Crippen LogP contribution in [0.2, 0.25) is 0 Å². The van der Waals surface area contributed by atoms with Crippen LogP contribution in [0.5, 0.6) is 0 Å². The van der Waals surface area contributed by atoms with Crippen LogP contribution in [0.1, 0.15) is 34.6 Å². The molecule has 1 aliphatic carbocycles. The van der Waals surface area contributed by atoms with Crippen LogP contribution in [0.25, 0.3) is 4.96 Å².